The van der Waals surface area contributed by atoms with Gasteiger partial charge in [-0.3, -0.25) is 0 Å². The van der Waals surface area contributed by atoms with E-state index in [1.807, 2.05) is 13.0 Å². The highest BCUT2D eigenvalue weighted by Crippen LogP contribution is 2.26. The molecule has 1 aromatic carbocycles. The minimum absolute atomic E-state index is 0.142. The highest BCUT2D eigenvalue weighted by atomic mass is 79.9. The van der Waals surface area contributed by atoms with Crippen molar-refractivity contribution < 1.29 is 14.7 Å². The fourth-order valence-electron chi connectivity index (χ4n) is 1.78. The molecule has 0 atom stereocenters. The van der Waals surface area contributed by atoms with Gasteiger partial charge in [0.15, 0.2) is 5.69 Å². The number of aromatic nitrogens is 1. The van der Waals surface area contributed by atoms with Gasteiger partial charge in [-0.1, -0.05) is 15.9 Å². The molecule has 5 heteroatoms. The molecule has 0 aliphatic carbocycles. The maximum atomic E-state index is 11.6. The molecule has 0 saturated carbocycles. The Morgan fingerprint density at radius 1 is 1.47 bits per heavy atom. The molecule has 2 aromatic rings. The van der Waals surface area contributed by atoms with Crippen LogP contribution in [0.3, 0.4) is 0 Å². The second-order valence-corrected chi connectivity index (χ2v) is 4.63. The Morgan fingerprint density at radius 2 is 2.18 bits per heavy atom. The van der Waals surface area contributed by atoms with Gasteiger partial charge in [-0.15, -0.1) is 0 Å². The fraction of sp³-hybridized carbons (Fsp3) is 0.250. The molecule has 90 valence electrons. The lowest BCUT2D eigenvalue weighted by atomic mass is 10.1. The Bertz CT molecular complexity index is 589. The van der Waals surface area contributed by atoms with Crippen molar-refractivity contribution in [2.45, 2.75) is 13.8 Å². The van der Waals surface area contributed by atoms with Crippen LogP contribution in [-0.4, -0.2) is 22.5 Å². The van der Waals surface area contributed by atoms with Crippen LogP contribution in [0.2, 0.25) is 0 Å². The zero-order valence-electron chi connectivity index (χ0n) is 9.53. The van der Waals surface area contributed by atoms with Gasteiger partial charge in [-0.05, 0) is 37.6 Å². The van der Waals surface area contributed by atoms with Crippen molar-refractivity contribution in [2.75, 3.05) is 6.61 Å². The van der Waals surface area contributed by atoms with Crippen molar-refractivity contribution in [1.82, 2.24) is 4.73 Å². The van der Waals surface area contributed by atoms with Crippen LogP contribution in [0.15, 0.2) is 22.7 Å². The molecule has 1 N–H and O–H groups in total. The summed E-state index contributed by atoms with van der Waals surface area (Å²) in [5.74, 6) is -0.526. The van der Waals surface area contributed by atoms with E-state index < -0.39 is 5.97 Å². The third-order valence-corrected chi connectivity index (χ3v) is 3.01. The third-order valence-electron chi connectivity index (χ3n) is 2.55. The molecule has 0 spiro atoms. The Hall–Kier alpha value is -1.49. The predicted molar refractivity (Wildman–Crippen MR) is 67.5 cm³/mol. The maximum absolute atomic E-state index is 11.6. The molecule has 2 rings (SSSR count). The SMILES string of the molecule is CCOC(=O)c1cc2c(C)cc(Br)cc2n1O. The molecule has 0 amide bonds. The summed E-state index contributed by atoms with van der Waals surface area (Å²) in [4.78, 5) is 11.6. The van der Waals surface area contributed by atoms with E-state index in [0.717, 1.165) is 20.2 Å². The lowest BCUT2D eigenvalue weighted by molar-refractivity contribution is 0.0480. The topological polar surface area (TPSA) is 51.5 Å². The molecule has 0 aliphatic rings. The summed E-state index contributed by atoms with van der Waals surface area (Å²) in [6.07, 6.45) is 0. The lowest BCUT2D eigenvalue weighted by Gasteiger charge is -2.02. The van der Waals surface area contributed by atoms with E-state index in [2.05, 4.69) is 15.9 Å². The summed E-state index contributed by atoms with van der Waals surface area (Å²) >= 11 is 3.35. The average Bonchev–Trinajstić information content (AvgIpc) is 2.57. The van der Waals surface area contributed by atoms with E-state index in [0.29, 0.717) is 5.52 Å². The molecule has 1 heterocycles. The molecule has 0 aliphatic heterocycles. The van der Waals surface area contributed by atoms with Gasteiger partial charge in [-0.2, -0.15) is 4.73 Å². The van der Waals surface area contributed by atoms with Crippen molar-refractivity contribution in [3.8, 4) is 0 Å². The normalized spacial score (nSPS) is 10.8. The summed E-state index contributed by atoms with van der Waals surface area (Å²) in [5, 5.41) is 10.8. The van der Waals surface area contributed by atoms with Gasteiger partial charge in [0.2, 0.25) is 0 Å². The van der Waals surface area contributed by atoms with E-state index in [4.69, 9.17) is 4.74 Å². The second kappa shape index (κ2) is 4.41. The van der Waals surface area contributed by atoms with Gasteiger partial charge in [0.1, 0.15) is 0 Å². The number of nitrogens with zero attached hydrogens (tertiary/aromatic N) is 1. The van der Waals surface area contributed by atoms with E-state index in [-0.39, 0.29) is 12.3 Å². The number of benzene rings is 1. The zero-order valence-corrected chi connectivity index (χ0v) is 11.1. The molecule has 1 aromatic heterocycles. The Labute approximate surface area is 107 Å². The smallest absolute Gasteiger partial charge is 0.358 e. The highest BCUT2D eigenvalue weighted by Gasteiger charge is 2.17. The minimum Gasteiger partial charge on any atom is -0.461 e. The number of halogens is 1. The molecular weight excluding hydrogens is 286 g/mol. The van der Waals surface area contributed by atoms with Crippen LogP contribution in [0.4, 0.5) is 0 Å². The van der Waals surface area contributed by atoms with Gasteiger partial charge in [0, 0.05) is 9.86 Å². The summed E-state index contributed by atoms with van der Waals surface area (Å²) in [5.41, 5.74) is 1.70. The summed E-state index contributed by atoms with van der Waals surface area (Å²) < 4.78 is 6.60. The number of hydrogen-bond acceptors (Lipinski definition) is 3. The lowest BCUT2D eigenvalue weighted by Crippen LogP contribution is -2.09. The second-order valence-electron chi connectivity index (χ2n) is 3.72. The molecule has 0 radical (unpaired) electrons. The van der Waals surface area contributed by atoms with Crippen molar-refractivity contribution >= 4 is 32.8 Å². The van der Waals surface area contributed by atoms with E-state index in [1.54, 1.807) is 19.1 Å². The molecule has 4 nitrogen and oxygen atoms in total. The Balaban J connectivity index is 2.64. The minimum atomic E-state index is -0.526. The van der Waals surface area contributed by atoms with Crippen LogP contribution in [0.25, 0.3) is 10.9 Å². The largest absolute Gasteiger partial charge is 0.461 e. The number of carbonyl (C=O) groups excluding carboxylic acids is 1. The first-order chi connectivity index (χ1) is 8.04. The Morgan fingerprint density at radius 3 is 2.82 bits per heavy atom. The van der Waals surface area contributed by atoms with Crippen LogP contribution in [0, 0.1) is 6.92 Å². The number of fused-ring (bicyclic) bond motifs is 1. The van der Waals surface area contributed by atoms with Crippen LogP contribution < -0.4 is 0 Å². The van der Waals surface area contributed by atoms with Crippen LogP contribution in [0.5, 0.6) is 0 Å². The molecular formula is C12H12BrNO3. The maximum Gasteiger partial charge on any atom is 0.358 e. The van der Waals surface area contributed by atoms with Gasteiger partial charge in [0.25, 0.3) is 0 Å². The molecule has 17 heavy (non-hydrogen) atoms. The van der Waals surface area contributed by atoms with Crippen molar-refractivity contribution in [3.63, 3.8) is 0 Å². The molecule has 0 unspecified atom stereocenters. The predicted octanol–water partition coefficient (Wildman–Crippen LogP) is 3.13. The number of ether oxygens (including phenoxy) is 1. The van der Waals surface area contributed by atoms with Crippen molar-refractivity contribution in [1.29, 1.82) is 0 Å². The fourth-order valence-corrected chi connectivity index (χ4v) is 2.34. The molecule has 0 saturated heterocycles. The highest BCUT2D eigenvalue weighted by molar-refractivity contribution is 9.10. The standard InChI is InChI=1S/C12H12BrNO3/c1-3-17-12(15)11-6-9-7(2)4-8(13)5-10(9)14(11)16/h4-6,16H,3H2,1-2H3. The first-order valence-corrected chi connectivity index (χ1v) is 6.02. The van der Waals surface area contributed by atoms with Crippen molar-refractivity contribution in [3.05, 3.63) is 33.9 Å². The summed E-state index contributed by atoms with van der Waals surface area (Å²) in [6.45, 7) is 3.93. The van der Waals surface area contributed by atoms with Crippen LogP contribution >= 0.6 is 15.9 Å². The van der Waals surface area contributed by atoms with Gasteiger partial charge in [-0.25, -0.2) is 4.79 Å². The van der Waals surface area contributed by atoms with Gasteiger partial charge >= 0.3 is 5.97 Å². The van der Waals surface area contributed by atoms with E-state index in [1.165, 1.54) is 0 Å². The average molecular weight is 298 g/mol. The molecule has 0 bridgehead atoms. The number of aryl methyl sites for hydroxylation is 1. The Kier molecular flexibility index (Phi) is 3.11. The van der Waals surface area contributed by atoms with Gasteiger partial charge in [0.05, 0.1) is 12.1 Å². The zero-order chi connectivity index (χ0) is 12.6. The van der Waals surface area contributed by atoms with E-state index >= 15 is 0 Å². The number of rotatable bonds is 2. The molecule has 0 fully saturated rings. The summed E-state index contributed by atoms with van der Waals surface area (Å²) in [7, 11) is 0. The first kappa shape index (κ1) is 12.0. The van der Waals surface area contributed by atoms with Crippen LogP contribution in [-0.2, 0) is 4.74 Å². The van der Waals surface area contributed by atoms with Crippen molar-refractivity contribution in [2.24, 2.45) is 0 Å². The van der Waals surface area contributed by atoms with Gasteiger partial charge < -0.3 is 9.94 Å². The monoisotopic (exact) mass is 297 g/mol. The quantitative estimate of drug-likeness (QED) is 0.684. The van der Waals surface area contributed by atoms with Crippen LogP contribution in [0.1, 0.15) is 23.0 Å². The number of esters is 1. The summed E-state index contributed by atoms with van der Waals surface area (Å²) in [6, 6.07) is 5.32. The first-order valence-electron chi connectivity index (χ1n) is 5.22. The van der Waals surface area contributed by atoms with E-state index in [9.17, 15) is 10.0 Å². The number of hydrogen-bond donors (Lipinski definition) is 1. The number of carbonyl (C=O) groups is 1. The third kappa shape index (κ3) is 2.02.